The number of nitrogens with zero attached hydrogens (tertiary/aromatic N) is 2. The fraction of sp³-hybridized carbons (Fsp3) is 0.960. The molecule has 28 heavy (non-hydrogen) atoms. The number of rotatable bonds is 16. The summed E-state index contributed by atoms with van der Waals surface area (Å²) >= 11 is 0. The molecule has 0 aliphatic carbocycles. The first-order chi connectivity index (χ1) is 13.1. The van der Waals surface area contributed by atoms with Crippen molar-refractivity contribution in [3.05, 3.63) is 0 Å². The highest BCUT2D eigenvalue weighted by molar-refractivity contribution is 5.76. The van der Waals surface area contributed by atoms with Crippen molar-refractivity contribution in [3.63, 3.8) is 0 Å². The Labute approximate surface area is 178 Å². The van der Waals surface area contributed by atoms with Gasteiger partial charge in [-0.2, -0.15) is 0 Å². The van der Waals surface area contributed by atoms with E-state index in [0.717, 1.165) is 55.8 Å². The van der Waals surface area contributed by atoms with Gasteiger partial charge >= 0.3 is 0 Å². The third-order valence-corrected chi connectivity index (χ3v) is 5.44. The third kappa shape index (κ3) is 15.2. The van der Waals surface area contributed by atoms with Crippen LogP contribution in [0.3, 0.4) is 0 Å². The standard InChI is InChI=1S/C25H53N3/c1-21(2)13-9-17-27(18-10-14-22(3)4)25(26)28(19-11-15-23(5)6)20-12-16-24(7)8/h21-24,26H,9-20H2,1-8H3. The van der Waals surface area contributed by atoms with Crippen LogP contribution in [0.2, 0.25) is 0 Å². The van der Waals surface area contributed by atoms with Gasteiger partial charge in [-0.3, -0.25) is 5.41 Å². The maximum absolute atomic E-state index is 9.00. The first-order valence-corrected chi connectivity index (χ1v) is 12.2. The molecule has 0 spiro atoms. The zero-order valence-corrected chi connectivity index (χ0v) is 20.7. The molecule has 1 N–H and O–H groups in total. The van der Waals surface area contributed by atoms with Crippen molar-refractivity contribution in [2.45, 2.75) is 107 Å². The van der Waals surface area contributed by atoms with Crippen LogP contribution in [0.1, 0.15) is 107 Å². The van der Waals surface area contributed by atoms with Gasteiger partial charge in [0.2, 0.25) is 0 Å². The van der Waals surface area contributed by atoms with Crippen molar-refractivity contribution >= 4 is 5.96 Å². The van der Waals surface area contributed by atoms with E-state index in [1.54, 1.807) is 0 Å². The van der Waals surface area contributed by atoms with Gasteiger partial charge in [0.15, 0.2) is 5.96 Å². The Kier molecular flexibility index (Phi) is 15.7. The molecule has 0 aliphatic heterocycles. The van der Waals surface area contributed by atoms with Crippen molar-refractivity contribution in [1.29, 1.82) is 5.41 Å². The molecule has 0 bridgehead atoms. The first-order valence-electron chi connectivity index (χ1n) is 12.2. The van der Waals surface area contributed by atoms with E-state index in [9.17, 15) is 0 Å². The summed E-state index contributed by atoms with van der Waals surface area (Å²) in [7, 11) is 0. The second kappa shape index (κ2) is 16.1. The maximum atomic E-state index is 9.00. The number of guanidine groups is 1. The van der Waals surface area contributed by atoms with Gasteiger partial charge in [0.1, 0.15) is 0 Å². The predicted molar refractivity (Wildman–Crippen MR) is 127 cm³/mol. The summed E-state index contributed by atoms with van der Waals surface area (Å²) in [6.07, 6.45) is 9.84. The van der Waals surface area contributed by atoms with Gasteiger partial charge in [0.05, 0.1) is 0 Å². The van der Waals surface area contributed by atoms with E-state index < -0.39 is 0 Å². The maximum Gasteiger partial charge on any atom is 0.193 e. The van der Waals surface area contributed by atoms with Crippen molar-refractivity contribution < 1.29 is 0 Å². The molecule has 0 aromatic heterocycles. The number of hydrogen-bond donors (Lipinski definition) is 1. The Balaban J connectivity index is 4.91. The highest BCUT2D eigenvalue weighted by Crippen LogP contribution is 2.13. The van der Waals surface area contributed by atoms with Crippen LogP contribution >= 0.6 is 0 Å². The predicted octanol–water partition coefficient (Wildman–Crippen LogP) is 7.27. The highest BCUT2D eigenvalue weighted by atomic mass is 15.4. The number of nitrogens with one attached hydrogen (secondary N) is 1. The second-order valence-electron chi connectivity index (χ2n) is 10.4. The quantitative estimate of drug-likeness (QED) is 0.220. The molecular formula is C25H53N3. The Hall–Kier alpha value is -0.730. The lowest BCUT2D eigenvalue weighted by Crippen LogP contribution is -2.45. The van der Waals surface area contributed by atoms with E-state index in [1.165, 1.54) is 51.4 Å². The smallest absolute Gasteiger partial charge is 0.193 e. The van der Waals surface area contributed by atoms with Crippen LogP contribution in [-0.4, -0.2) is 41.9 Å². The Morgan fingerprint density at radius 2 is 0.714 bits per heavy atom. The normalized spacial score (nSPS) is 11.9. The SMILES string of the molecule is CC(C)CCCN(CCCC(C)C)C(=N)N(CCCC(C)C)CCCC(C)C. The molecule has 0 aromatic rings. The first kappa shape index (κ1) is 27.3. The largest absolute Gasteiger partial charge is 0.343 e. The zero-order chi connectivity index (χ0) is 21.5. The molecule has 0 atom stereocenters. The van der Waals surface area contributed by atoms with Gasteiger partial charge in [-0.05, 0) is 75.0 Å². The lowest BCUT2D eigenvalue weighted by molar-refractivity contribution is 0.282. The van der Waals surface area contributed by atoms with E-state index in [2.05, 4.69) is 65.2 Å². The molecular weight excluding hydrogens is 342 g/mol. The van der Waals surface area contributed by atoms with Crippen LogP contribution < -0.4 is 0 Å². The minimum atomic E-state index is 0.750. The molecule has 168 valence electrons. The summed E-state index contributed by atoms with van der Waals surface area (Å²) in [5.74, 6) is 3.79. The zero-order valence-electron chi connectivity index (χ0n) is 20.7. The van der Waals surface area contributed by atoms with Crippen LogP contribution in [0.15, 0.2) is 0 Å². The van der Waals surface area contributed by atoms with Crippen LogP contribution in [0, 0.1) is 29.1 Å². The van der Waals surface area contributed by atoms with Crippen LogP contribution in [0.5, 0.6) is 0 Å². The molecule has 3 nitrogen and oxygen atoms in total. The van der Waals surface area contributed by atoms with Crippen LogP contribution in [-0.2, 0) is 0 Å². The molecule has 0 rings (SSSR count). The minimum Gasteiger partial charge on any atom is -0.343 e. The summed E-state index contributed by atoms with van der Waals surface area (Å²) in [5, 5.41) is 9.00. The van der Waals surface area contributed by atoms with E-state index in [4.69, 9.17) is 5.41 Å². The summed E-state index contributed by atoms with van der Waals surface area (Å²) in [4.78, 5) is 4.77. The second-order valence-corrected chi connectivity index (χ2v) is 10.4. The van der Waals surface area contributed by atoms with E-state index in [-0.39, 0.29) is 0 Å². The van der Waals surface area contributed by atoms with Gasteiger partial charge in [0.25, 0.3) is 0 Å². The Morgan fingerprint density at radius 3 is 0.893 bits per heavy atom. The lowest BCUT2D eigenvalue weighted by Gasteiger charge is -2.34. The molecule has 0 heterocycles. The summed E-state index contributed by atoms with van der Waals surface area (Å²) < 4.78 is 0. The molecule has 0 amide bonds. The average molecular weight is 396 g/mol. The topological polar surface area (TPSA) is 30.3 Å². The molecule has 3 heteroatoms. The Morgan fingerprint density at radius 1 is 0.500 bits per heavy atom. The fourth-order valence-electron chi connectivity index (χ4n) is 3.61. The Bertz CT molecular complexity index is 312. The van der Waals surface area contributed by atoms with Crippen molar-refractivity contribution in [1.82, 2.24) is 9.80 Å². The molecule has 0 saturated heterocycles. The van der Waals surface area contributed by atoms with Gasteiger partial charge < -0.3 is 9.80 Å². The van der Waals surface area contributed by atoms with Crippen LogP contribution in [0.25, 0.3) is 0 Å². The lowest BCUT2D eigenvalue weighted by atomic mass is 10.1. The van der Waals surface area contributed by atoms with Gasteiger partial charge in [-0.25, -0.2) is 0 Å². The van der Waals surface area contributed by atoms with Crippen molar-refractivity contribution in [2.24, 2.45) is 23.7 Å². The van der Waals surface area contributed by atoms with Gasteiger partial charge in [0, 0.05) is 26.2 Å². The molecule has 0 radical (unpaired) electrons. The highest BCUT2D eigenvalue weighted by Gasteiger charge is 2.17. The molecule has 0 unspecified atom stereocenters. The summed E-state index contributed by atoms with van der Waals surface area (Å²) in [6, 6.07) is 0. The van der Waals surface area contributed by atoms with E-state index >= 15 is 0 Å². The molecule has 0 aliphatic rings. The van der Waals surface area contributed by atoms with Crippen molar-refractivity contribution in [2.75, 3.05) is 26.2 Å². The van der Waals surface area contributed by atoms with Crippen molar-refractivity contribution in [3.8, 4) is 0 Å². The fourth-order valence-corrected chi connectivity index (χ4v) is 3.61. The average Bonchev–Trinajstić information content (AvgIpc) is 2.57. The summed E-state index contributed by atoms with van der Waals surface area (Å²) in [5.41, 5.74) is 0. The number of hydrogen-bond acceptors (Lipinski definition) is 1. The van der Waals surface area contributed by atoms with Crippen LogP contribution in [0.4, 0.5) is 0 Å². The molecule has 0 fully saturated rings. The molecule has 0 aromatic carbocycles. The van der Waals surface area contributed by atoms with Gasteiger partial charge in [-0.1, -0.05) is 55.4 Å². The minimum absolute atomic E-state index is 0.750. The summed E-state index contributed by atoms with van der Waals surface area (Å²) in [6.45, 7) is 22.6. The monoisotopic (exact) mass is 395 g/mol. The van der Waals surface area contributed by atoms with E-state index in [0.29, 0.717) is 0 Å². The third-order valence-electron chi connectivity index (χ3n) is 5.44. The van der Waals surface area contributed by atoms with E-state index in [1.807, 2.05) is 0 Å². The van der Waals surface area contributed by atoms with Gasteiger partial charge in [-0.15, -0.1) is 0 Å². The molecule has 0 saturated carbocycles.